The van der Waals surface area contributed by atoms with Gasteiger partial charge in [-0.15, -0.1) is 0 Å². The fourth-order valence-electron chi connectivity index (χ4n) is 2.95. The maximum absolute atomic E-state index is 12.8. The highest BCUT2D eigenvalue weighted by atomic mass is 16.5. The van der Waals surface area contributed by atoms with Crippen LogP contribution in [0.15, 0.2) is 61.2 Å². The molecule has 2 aromatic carbocycles. The molecule has 0 bridgehead atoms. The molecule has 0 atom stereocenters. The van der Waals surface area contributed by atoms with Crippen molar-refractivity contribution in [3.8, 4) is 11.5 Å². The summed E-state index contributed by atoms with van der Waals surface area (Å²) in [4.78, 5) is 29.0. The lowest BCUT2D eigenvalue weighted by Crippen LogP contribution is -2.16. The Morgan fingerprint density at radius 3 is 2.61 bits per heavy atom. The summed E-state index contributed by atoms with van der Waals surface area (Å²) in [6.07, 6.45) is 5.43. The van der Waals surface area contributed by atoms with Crippen molar-refractivity contribution in [3.05, 3.63) is 66.7 Å². The number of imidazole rings is 1. The number of amides is 2. The fraction of sp³-hybridized carbons (Fsp3) is 0.261. The van der Waals surface area contributed by atoms with Crippen molar-refractivity contribution in [1.29, 1.82) is 0 Å². The number of nitrogens with one attached hydrogen (secondary N) is 2. The summed E-state index contributed by atoms with van der Waals surface area (Å²) in [6, 6.07) is 12.1. The average molecular weight is 422 g/mol. The van der Waals surface area contributed by atoms with Crippen molar-refractivity contribution >= 4 is 23.2 Å². The monoisotopic (exact) mass is 422 g/mol. The summed E-state index contributed by atoms with van der Waals surface area (Å²) >= 11 is 0. The Balaban J connectivity index is 1.67. The van der Waals surface area contributed by atoms with Gasteiger partial charge in [0.15, 0.2) is 0 Å². The number of aryl methyl sites for hydroxylation is 1. The van der Waals surface area contributed by atoms with E-state index in [1.165, 1.54) is 0 Å². The fourth-order valence-corrected chi connectivity index (χ4v) is 2.95. The first kappa shape index (κ1) is 21.9. The Morgan fingerprint density at radius 2 is 1.87 bits per heavy atom. The molecule has 1 heterocycles. The van der Waals surface area contributed by atoms with Gasteiger partial charge in [0.25, 0.3) is 5.91 Å². The van der Waals surface area contributed by atoms with E-state index >= 15 is 0 Å². The zero-order chi connectivity index (χ0) is 22.1. The summed E-state index contributed by atoms with van der Waals surface area (Å²) < 4.78 is 13.0. The molecule has 162 valence electrons. The van der Waals surface area contributed by atoms with Crippen LogP contribution in [0.25, 0.3) is 0 Å². The van der Waals surface area contributed by atoms with Gasteiger partial charge in [0.1, 0.15) is 11.5 Å². The number of benzene rings is 2. The van der Waals surface area contributed by atoms with Crippen LogP contribution >= 0.6 is 0 Å². The average Bonchev–Trinajstić information content (AvgIpc) is 3.28. The first-order chi connectivity index (χ1) is 15.1. The topological polar surface area (TPSA) is 94.5 Å². The minimum Gasteiger partial charge on any atom is -0.494 e. The molecule has 0 saturated carbocycles. The van der Waals surface area contributed by atoms with Gasteiger partial charge in [-0.25, -0.2) is 4.98 Å². The molecule has 3 rings (SSSR count). The van der Waals surface area contributed by atoms with Gasteiger partial charge >= 0.3 is 0 Å². The number of rotatable bonds is 10. The molecule has 8 nitrogen and oxygen atoms in total. The highest BCUT2D eigenvalue weighted by molar-refractivity contribution is 6.06. The van der Waals surface area contributed by atoms with Crippen LogP contribution in [0.1, 0.15) is 30.6 Å². The molecule has 0 fully saturated rings. The smallest absolute Gasteiger partial charge is 0.255 e. The number of anilines is 2. The van der Waals surface area contributed by atoms with Crippen molar-refractivity contribution in [2.24, 2.45) is 0 Å². The molecule has 31 heavy (non-hydrogen) atoms. The summed E-state index contributed by atoms with van der Waals surface area (Å²) in [5.74, 6) is 0.738. The molecule has 1 aromatic heterocycles. The molecular weight excluding hydrogens is 396 g/mol. The van der Waals surface area contributed by atoms with Crippen LogP contribution in [0, 0.1) is 0 Å². The van der Waals surface area contributed by atoms with Crippen LogP contribution < -0.4 is 20.1 Å². The van der Waals surface area contributed by atoms with Gasteiger partial charge in [0.2, 0.25) is 5.91 Å². The van der Waals surface area contributed by atoms with Gasteiger partial charge < -0.3 is 24.7 Å². The zero-order valence-corrected chi connectivity index (χ0v) is 17.6. The van der Waals surface area contributed by atoms with Crippen LogP contribution in [0.3, 0.4) is 0 Å². The third kappa shape index (κ3) is 6.33. The molecule has 8 heteroatoms. The van der Waals surface area contributed by atoms with Gasteiger partial charge in [0, 0.05) is 42.7 Å². The van der Waals surface area contributed by atoms with Crippen LogP contribution in [-0.4, -0.2) is 34.6 Å². The first-order valence-corrected chi connectivity index (χ1v) is 10.2. The van der Waals surface area contributed by atoms with Crippen molar-refractivity contribution in [2.45, 2.75) is 26.8 Å². The van der Waals surface area contributed by atoms with Gasteiger partial charge in [-0.05, 0) is 44.2 Å². The molecule has 0 aliphatic rings. The number of carbonyl (C=O) groups excluding carboxylic acids is 2. The van der Waals surface area contributed by atoms with Gasteiger partial charge in [-0.1, -0.05) is 6.07 Å². The minimum absolute atomic E-state index is 0.144. The summed E-state index contributed by atoms with van der Waals surface area (Å²) in [7, 11) is 0. The van der Waals surface area contributed by atoms with Crippen molar-refractivity contribution in [3.63, 3.8) is 0 Å². The Hall–Kier alpha value is -3.81. The molecule has 0 unspecified atom stereocenters. The van der Waals surface area contributed by atoms with Crippen molar-refractivity contribution in [1.82, 2.24) is 9.55 Å². The maximum Gasteiger partial charge on any atom is 0.255 e. The second-order valence-electron chi connectivity index (χ2n) is 6.66. The molecule has 2 amide bonds. The summed E-state index contributed by atoms with van der Waals surface area (Å²) in [5.41, 5.74) is 1.49. The number of ether oxygens (including phenoxy) is 2. The molecule has 0 spiro atoms. The minimum atomic E-state index is -0.316. The standard InChI is InChI=1S/C23H26N4O4/c1-3-30-19-8-9-21(31-4-2)20(15-19)26-23(29)17-6-5-7-18(14-17)25-22(28)10-12-27-13-11-24-16-27/h5-9,11,13-16H,3-4,10,12H2,1-2H3,(H,25,28)(H,26,29). The van der Waals surface area contributed by atoms with E-state index in [1.54, 1.807) is 61.2 Å². The van der Waals surface area contributed by atoms with Gasteiger partial charge in [-0.2, -0.15) is 0 Å². The predicted molar refractivity (Wildman–Crippen MR) is 119 cm³/mol. The molecular formula is C23H26N4O4. The van der Waals surface area contributed by atoms with E-state index in [0.29, 0.717) is 54.6 Å². The Kier molecular flexibility index (Phi) is 7.64. The van der Waals surface area contributed by atoms with Gasteiger partial charge in [-0.3, -0.25) is 9.59 Å². The third-order valence-corrected chi connectivity index (χ3v) is 4.37. The highest BCUT2D eigenvalue weighted by Gasteiger charge is 2.13. The normalized spacial score (nSPS) is 10.4. The summed E-state index contributed by atoms with van der Waals surface area (Å²) in [6.45, 7) is 5.29. The maximum atomic E-state index is 12.8. The molecule has 3 aromatic rings. The Bertz CT molecular complexity index is 1020. The quantitative estimate of drug-likeness (QED) is 0.516. The number of aromatic nitrogens is 2. The lowest BCUT2D eigenvalue weighted by atomic mass is 10.1. The molecule has 0 aliphatic carbocycles. The van der Waals surface area contributed by atoms with E-state index in [2.05, 4.69) is 15.6 Å². The molecule has 0 saturated heterocycles. The number of hydrogen-bond donors (Lipinski definition) is 2. The van der Waals surface area contributed by atoms with E-state index < -0.39 is 0 Å². The number of hydrogen-bond acceptors (Lipinski definition) is 5. The van der Waals surface area contributed by atoms with Crippen LogP contribution in [-0.2, 0) is 11.3 Å². The van der Waals surface area contributed by atoms with Crippen LogP contribution in [0.5, 0.6) is 11.5 Å². The van der Waals surface area contributed by atoms with Crippen LogP contribution in [0.4, 0.5) is 11.4 Å². The van der Waals surface area contributed by atoms with Gasteiger partial charge in [0.05, 0.1) is 25.2 Å². The van der Waals surface area contributed by atoms with Crippen molar-refractivity contribution < 1.29 is 19.1 Å². The first-order valence-electron chi connectivity index (χ1n) is 10.2. The van der Waals surface area contributed by atoms with E-state index in [9.17, 15) is 9.59 Å². The van der Waals surface area contributed by atoms with Crippen molar-refractivity contribution in [2.75, 3.05) is 23.8 Å². The summed E-state index contributed by atoms with van der Waals surface area (Å²) in [5, 5.41) is 5.69. The van der Waals surface area contributed by atoms with E-state index in [0.717, 1.165) is 0 Å². The molecule has 2 N–H and O–H groups in total. The Morgan fingerprint density at radius 1 is 1.03 bits per heavy atom. The Labute approximate surface area is 181 Å². The van der Waals surface area contributed by atoms with E-state index in [1.807, 2.05) is 18.4 Å². The third-order valence-electron chi connectivity index (χ3n) is 4.37. The second kappa shape index (κ2) is 10.8. The van der Waals surface area contributed by atoms with E-state index in [4.69, 9.17) is 9.47 Å². The lowest BCUT2D eigenvalue weighted by Gasteiger charge is -2.14. The SMILES string of the molecule is CCOc1ccc(OCC)c(NC(=O)c2cccc(NC(=O)CCn3ccnc3)c2)c1. The predicted octanol–water partition coefficient (Wildman–Crippen LogP) is 3.96. The molecule has 0 aliphatic heterocycles. The largest absolute Gasteiger partial charge is 0.494 e. The number of nitrogens with zero attached hydrogens (tertiary/aromatic N) is 2. The van der Waals surface area contributed by atoms with Crippen LogP contribution in [0.2, 0.25) is 0 Å². The lowest BCUT2D eigenvalue weighted by molar-refractivity contribution is -0.116. The second-order valence-corrected chi connectivity index (χ2v) is 6.66. The molecule has 0 radical (unpaired) electrons. The number of carbonyl (C=O) groups is 2. The van der Waals surface area contributed by atoms with E-state index in [-0.39, 0.29) is 11.8 Å². The highest BCUT2D eigenvalue weighted by Crippen LogP contribution is 2.30. The zero-order valence-electron chi connectivity index (χ0n) is 17.6.